The summed E-state index contributed by atoms with van der Waals surface area (Å²) in [4.78, 5) is 20.6. The third-order valence-corrected chi connectivity index (χ3v) is 6.07. The lowest BCUT2D eigenvalue weighted by Gasteiger charge is -2.28. The number of esters is 1. The summed E-state index contributed by atoms with van der Waals surface area (Å²) in [6.45, 7) is 5.43. The van der Waals surface area contributed by atoms with E-state index in [2.05, 4.69) is 24.0 Å². The number of hydrogen-bond donors (Lipinski definition) is 0. The van der Waals surface area contributed by atoms with Crippen LogP contribution >= 0.6 is 0 Å². The summed E-state index contributed by atoms with van der Waals surface area (Å²) in [5.41, 5.74) is 5.25. The van der Waals surface area contributed by atoms with Crippen LogP contribution in [0.25, 0.3) is 11.1 Å². The molecule has 0 amide bonds. The second-order valence-corrected chi connectivity index (χ2v) is 7.94. The van der Waals surface area contributed by atoms with Crippen molar-refractivity contribution in [3.8, 4) is 11.1 Å². The molecule has 0 bridgehead atoms. The van der Waals surface area contributed by atoms with Crippen LogP contribution in [-0.4, -0.2) is 30.1 Å². The van der Waals surface area contributed by atoms with Crippen LogP contribution in [0.1, 0.15) is 67.6 Å². The Bertz CT molecular complexity index is 847. The van der Waals surface area contributed by atoms with Crippen LogP contribution in [0.3, 0.4) is 0 Å². The van der Waals surface area contributed by atoms with Crippen molar-refractivity contribution in [2.24, 2.45) is 0 Å². The summed E-state index contributed by atoms with van der Waals surface area (Å²) in [6, 6.07) is 10.7. The van der Waals surface area contributed by atoms with Crippen molar-refractivity contribution in [2.75, 3.05) is 18.1 Å². The molecular formula is C24H30N2O2. The average Bonchev–Trinajstić information content (AvgIpc) is 3.00. The fourth-order valence-corrected chi connectivity index (χ4v) is 4.68. The van der Waals surface area contributed by atoms with Gasteiger partial charge in [0.15, 0.2) is 0 Å². The van der Waals surface area contributed by atoms with Gasteiger partial charge in [0.2, 0.25) is 0 Å². The zero-order valence-corrected chi connectivity index (χ0v) is 17.0. The number of anilines is 1. The molecule has 28 heavy (non-hydrogen) atoms. The van der Waals surface area contributed by atoms with E-state index in [0.29, 0.717) is 18.2 Å². The zero-order chi connectivity index (χ0) is 19.5. The standard InChI is InChI=1S/C24H30N2O2/c1-3-28-24(27)22-21(18-12-6-4-7-13-18)19-14-8-5-9-15-20(19)25-23(22)26-16-10-11-17(26)2/h4,6-7,12-13,17H,3,5,8-11,14-16H2,1-2H3. The number of nitrogens with zero attached hydrogens (tertiary/aromatic N) is 2. The van der Waals surface area contributed by atoms with E-state index in [4.69, 9.17) is 9.72 Å². The molecule has 0 radical (unpaired) electrons. The van der Waals surface area contributed by atoms with E-state index >= 15 is 0 Å². The number of hydrogen-bond acceptors (Lipinski definition) is 4. The van der Waals surface area contributed by atoms with Crippen LogP contribution < -0.4 is 4.90 Å². The number of ether oxygens (including phenoxy) is 1. The third kappa shape index (κ3) is 3.52. The van der Waals surface area contributed by atoms with Crippen molar-refractivity contribution in [3.63, 3.8) is 0 Å². The van der Waals surface area contributed by atoms with Gasteiger partial charge in [0.25, 0.3) is 0 Å². The van der Waals surface area contributed by atoms with E-state index in [1.165, 1.54) is 24.1 Å². The van der Waals surface area contributed by atoms with Gasteiger partial charge >= 0.3 is 5.97 Å². The van der Waals surface area contributed by atoms with Crippen molar-refractivity contribution in [2.45, 2.75) is 64.8 Å². The highest BCUT2D eigenvalue weighted by molar-refractivity contribution is 6.03. The Balaban J connectivity index is 2.00. The molecule has 1 aliphatic carbocycles. The molecule has 1 aromatic heterocycles. The minimum Gasteiger partial charge on any atom is -0.462 e. The van der Waals surface area contributed by atoms with Crippen LogP contribution in [0.5, 0.6) is 0 Å². The van der Waals surface area contributed by atoms with Crippen molar-refractivity contribution in [1.29, 1.82) is 0 Å². The second-order valence-electron chi connectivity index (χ2n) is 7.94. The van der Waals surface area contributed by atoms with Gasteiger partial charge in [0.1, 0.15) is 11.4 Å². The van der Waals surface area contributed by atoms with E-state index in [0.717, 1.165) is 55.6 Å². The number of carbonyl (C=O) groups is 1. The summed E-state index contributed by atoms with van der Waals surface area (Å²) in [5, 5.41) is 0. The molecule has 1 aromatic carbocycles. The lowest BCUT2D eigenvalue weighted by molar-refractivity contribution is 0.0527. The number of fused-ring (bicyclic) bond motifs is 1. The first kappa shape index (κ1) is 19.0. The molecule has 4 nitrogen and oxygen atoms in total. The lowest BCUT2D eigenvalue weighted by atomic mass is 9.91. The Morgan fingerprint density at radius 1 is 1.14 bits per heavy atom. The largest absolute Gasteiger partial charge is 0.462 e. The molecule has 0 N–H and O–H groups in total. The van der Waals surface area contributed by atoms with Crippen LogP contribution in [0.15, 0.2) is 30.3 Å². The molecule has 4 rings (SSSR count). The van der Waals surface area contributed by atoms with Gasteiger partial charge in [0.05, 0.1) is 6.61 Å². The fourth-order valence-electron chi connectivity index (χ4n) is 4.68. The lowest BCUT2D eigenvalue weighted by Crippen LogP contribution is -2.30. The number of aromatic nitrogens is 1. The van der Waals surface area contributed by atoms with Crippen LogP contribution in [0, 0.1) is 0 Å². The zero-order valence-electron chi connectivity index (χ0n) is 17.0. The number of pyridine rings is 1. The molecule has 148 valence electrons. The predicted molar refractivity (Wildman–Crippen MR) is 113 cm³/mol. The highest BCUT2D eigenvalue weighted by Crippen LogP contribution is 2.40. The smallest absolute Gasteiger partial charge is 0.342 e. The Kier molecular flexibility index (Phi) is 5.65. The summed E-state index contributed by atoms with van der Waals surface area (Å²) < 4.78 is 5.54. The van der Waals surface area contributed by atoms with Gasteiger partial charge in [-0.25, -0.2) is 9.78 Å². The van der Waals surface area contributed by atoms with E-state index in [-0.39, 0.29) is 5.97 Å². The van der Waals surface area contributed by atoms with Crippen molar-refractivity contribution in [1.82, 2.24) is 4.98 Å². The number of rotatable bonds is 4. The molecule has 1 unspecified atom stereocenters. The predicted octanol–water partition coefficient (Wildman–Crippen LogP) is 5.18. The summed E-state index contributed by atoms with van der Waals surface area (Å²) >= 11 is 0. The van der Waals surface area contributed by atoms with E-state index in [9.17, 15) is 4.79 Å². The maximum Gasteiger partial charge on any atom is 0.342 e. The molecule has 2 heterocycles. The van der Waals surface area contributed by atoms with Gasteiger partial charge in [-0.15, -0.1) is 0 Å². The number of aryl methyl sites for hydroxylation is 1. The Morgan fingerprint density at radius 3 is 2.64 bits per heavy atom. The summed E-state index contributed by atoms with van der Waals surface area (Å²) in [5.74, 6) is 0.595. The molecule has 0 saturated carbocycles. The van der Waals surface area contributed by atoms with Crippen LogP contribution in [0.4, 0.5) is 5.82 Å². The molecule has 1 fully saturated rings. The topological polar surface area (TPSA) is 42.4 Å². The van der Waals surface area contributed by atoms with E-state index in [1.807, 2.05) is 25.1 Å². The highest BCUT2D eigenvalue weighted by atomic mass is 16.5. The van der Waals surface area contributed by atoms with Crippen LogP contribution in [-0.2, 0) is 17.6 Å². The number of benzene rings is 1. The van der Waals surface area contributed by atoms with Gasteiger partial charge in [0, 0.05) is 23.8 Å². The van der Waals surface area contributed by atoms with Gasteiger partial charge in [-0.2, -0.15) is 0 Å². The van der Waals surface area contributed by atoms with Crippen molar-refractivity contribution >= 4 is 11.8 Å². The highest BCUT2D eigenvalue weighted by Gasteiger charge is 2.32. The first-order valence-corrected chi connectivity index (χ1v) is 10.8. The van der Waals surface area contributed by atoms with Gasteiger partial charge in [-0.1, -0.05) is 36.8 Å². The third-order valence-electron chi connectivity index (χ3n) is 6.07. The Morgan fingerprint density at radius 2 is 1.93 bits per heavy atom. The van der Waals surface area contributed by atoms with Gasteiger partial charge in [-0.3, -0.25) is 0 Å². The molecule has 2 aliphatic rings. The second kappa shape index (κ2) is 8.34. The Labute approximate surface area is 167 Å². The number of carbonyl (C=O) groups excluding carboxylic acids is 1. The van der Waals surface area contributed by atoms with E-state index < -0.39 is 0 Å². The summed E-state index contributed by atoms with van der Waals surface area (Å²) in [7, 11) is 0. The minimum atomic E-state index is -0.241. The van der Waals surface area contributed by atoms with Crippen molar-refractivity contribution < 1.29 is 9.53 Å². The normalized spacial score (nSPS) is 19.2. The van der Waals surface area contributed by atoms with Gasteiger partial charge < -0.3 is 9.64 Å². The molecule has 4 heteroatoms. The SMILES string of the molecule is CCOC(=O)c1c(N2CCCC2C)nc2c(c1-c1ccccc1)CCCCC2. The maximum atomic E-state index is 13.2. The minimum absolute atomic E-state index is 0.241. The molecule has 2 aromatic rings. The molecular weight excluding hydrogens is 348 g/mol. The first-order valence-electron chi connectivity index (χ1n) is 10.8. The molecule has 1 atom stereocenters. The quantitative estimate of drug-likeness (QED) is 0.543. The van der Waals surface area contributed by atoms with Gasteiger partial charge in [-0.05, 0) is 63.5 Å². The molecule has 1 aliphatic heterocycles. The maximum absolute atomic E-state index is 13.2. The first-order chi connectivity index (χ1) is 13.7. The fraction of sp³-hybridized carbons (Fsp3) is 0.500. The monoisotopic (exact) mass is 378 g/mol. The van der Waals surface area contributed by atoms with Crippen molar-refractivity contribution in [3.05, 3.63) is 47.2 Å². The summed E-state index contributed by atoms with van der Waals surface area (Å²) in [6.07, 6.45) is 7.79. The molecule has 1 saturated heterocycles. The Hall–Kier alpha value is -2.36. The van der Waals surface area contributed by atoms with E-state index in [1.54, 1.807) is 0 Å². The van der Waals surface area contributed by atoms with Crippen LogP contribution in [0.2, 0.25) is 0 Å². The molecule has 0 spiro atoms. The average molecular weight is 379 g/mol.